The number of guanidine groups is 1. The van der Waals surface area contributed by atoms with Gasteiger partial charge < -0.3 is 19.9 Å². The molecule has 2 atom stereocenters. The normalized spacial score (nSPS) is 23.9. The van der Waals surface area contributed by atoms with Crippen molar-refractivity contribution in [1.29, 1.82) is 0 Å². The van der Waals surface area contributed by atoms with Crippen molar-refractivity contribution in [3.05, 3.63) is 11.6 Å². The van der Waals surface area contributed by atoms with E-state index >= 15 is 0 Å². The van der Waals surface area contributed by atoms with Gasteiger partial charge in [-0.2, -0.15) is 0 Å². The first-order valence-corrected chi connectivity index (χ1v) is 10.3. The minimum absolute atomic E-state index is 0. The number of halogens is 1. The van der Waals surface area contributed by atoms with E-state index in [1.165, 1.54) is 25.7 Å². The van der Waals surface area contributed by atoms with E-state index in [9.17, 15) is 0 Å². The molecule has 1 aromatic heterocycles. The minimum Gasteiger partial charge on any atom is -0.379 e. The molecule has 2 unspecified atom stereocenters. The van der Waals surface area contributed by atoms with Crippen LogP contribution in [0.4, 0.5) is 0 Å². The van der Waals surface area contributed by atoms with Crippen LogP contribution in [0.5, 0.6) is 0 Å². The molecule has 8 nitrogen and oxygen atoms in total. The quantitative estimate of drug-likeness (QED) is 0.348. The fourth-order valence-electron chi connectivity index (χ4n) is 3.81. The van der Waals surface area contributed by atoms with Crippen LogP contribution in [0, 0.1) is 12.8 Å². The number of aryl methyl sites for hydroxylation is 1. The SMILES string of the molecule is Cc1nnc(CN=C(NCCN2CCOCC2)NC2CCCC(C)C2)n1C.I. The molecular formula is C19H36IN7O. The van der Waals surface area contributed by atoms with E-state index in [1.54, 1.807) is 0 Å². The number of rotatable bonds is 6. The molecular weight excluding hydrogens is 469 g/mol. The molecule has 1 aliphatic heterocycles. The Balaban J connectivity index is 0.00000280. The van der Waals surface area contributed by atoms with Crippen LogP contribution in [0.15, 0.2) is 4.99 Å². The van der Waals surface area contributed by atoms with Crippen molar-refractivity contribution < 1.29 is 4.74 Å². The first-order valence-electron chi connectivity index (χ1n) is 10.3. The van der Waals surface area contributed by atoms with Gasteiger partial charge in [0.2, 0.25) is 0 Å². The van der Waals surface area contributed by atoms with E-state index < -0.39 is 0 Å². The molecule has 1 saturated heterocycles. The second-order valence-corrected chi connectivity index (χ2v) is 7.88. The summed E-state index contributed by atoms with van der Waals surface area (Å²) >= 11 is 0. The summed E-state index contributed by atoms with van der Waals surface area (Å²) in [6.45, 7) is 10.4. The highest BCUT2D eigenvalue weighted by molar-refractivity contribution is 14.0. The average Bonchev–Trinajstić information content (AvgIpc) is 2.99. The molecule has 2 fully saturated rings. The Morgan fingerprint density at radius 1 is 1.25 bits per heavy atom. The van der Waals surface area contributed by atoms with Gasteiger partial charge in [-0.15, -0.1) is 34.2 Å². The van der Waals surface area contributed by atoms with E-state index in [2.05, 4.69) is 32.7 Å². The molecule has 2 N–H and O–H groups in total. The van der Waals surface area contributed by atoms with Gasteiger partial charge in [0.1, 0.15) is 12.4 Å². The van der Waals surface area contributed by atoms with Gasteiger partial charge >= 0.3 is 0 Å². The third-order valence-corrected chi connectivity index (χ3v) is 5.66. The first kappa shape index (κ1) is 23.3. The van der Waals surface area contributed by atoms with Crippen molar-refractivity contribution in [2.24, 2.45) is 18.0 Å². The molecule has 160 valence electrons. The molecule has 0 amide bonds. The Morgan fingerprint density at radius 2 is 2.04 bits per heavy atom. The molecule has 0 bridgehead atoms. The summed E-state index contributed by atoms with van der Waals surface area (Å²) in [5, 5.41) is 15.5. The van der Waals surface area contributed by atoms with Crippen molar-refractivity contribution in [3.8, 4) is 0 Å². The lowest BCUT2D eigenvalue weighted by Gasteiger charge is -2.30. The molecule has 28 heavy (non-hydrogen) atoms. The van der Waals surface area contributed by atoms with E-state index in [0.29, 0.717) is 12.6 Å². The van der Waals surface area contributed by atoms with Crippen LogP contribution in [0.2, 0.25) is 0 Å². The van der Waals surface area contributed by atoms with Crippen LogP contribution in [-0.2, 0) is 18.3 Å². The predicted octanol–water partition coefficient (Wildman–Crippen LogP) is 1.69. The second-order valence-electron chi connectivity index (χ2n) is 7.88. The number of hydrogen-bond acceptors (Lipinski definition) is 5. The molecule has 3 rings (SSSR count). The summed E-state index contributed by atoms with van der Waals surface area (Å²) in [5.74, 6) is 3.48. The van der Waals surface area contributed by atoms with Gasteiger partial charge in [0, 0.05) is 39.3 Å². The highest BCUT2D eigenvalue weighted by Crippen LogP contribution is 2.23. The zero-order valence-corrected chi connectivity index (χ0v) is 19.8. The smallest absolute Gasteiger partial charge is 0.191 e. The van der Waals surface area contributed by atoms with Gasteiger partial charge in [-0.3, -0.25) is 4.90 Å². The molecule has 1 aliphatic carbocycles. The molecule has 9 heteroatoms. The van der Waals surface area contributed by atoms with E-state index in [0.717, 1.165) is 62.9 Å². The van der Waals surface area contributed by atoms with Gasteiger partial charge in [0.15, 0.2) is 11.8 Å². The maximum atomic E-state index is 5.43. The summed E-state index contributed by atoms with van der Waals surface area (Å²) in [6, 6.07) is 0.504. The topological polar surface area (TPSA) is 79.6 Å². The van der Waals surface area contributed by atoms with Crippen LogP contribution in [0.3, 0.4) is 0 Å². The molecule has 1 aromatic rings. The molecule has 0 radical (unpaired) electrons. The second kappa shape index (κ2) is 11.9. The van der Waals surface area contributed by atoms with Crippen molar-refractivity contribution >= 4 is 29.9 Å². The Labute approximate surface area is 185 Å². The Morgan fingerprint density at radius 3 is 2.71 bits per heavy atom. The number of nitrogens with zero attached hydrogens (tertiary/aromatic N) is 5. The fraction of sp³-hybridized carbons (Fsp3) is 0.842. The standard InChI is InChI=1S/C19H35N7O.HI/c1-15-5-4-6-17(13-15)22-19(20-7-8-26-9-11-27-12-10-26)21-14-18-24-23-16(2)25(18)3;/h15,17H,4-14H2,1-3H3,(H2,20,21,22);1H. The van der Waals surface area contributed by atoms with Crippen LogP contribution >= 0.6 is 24.0 Å². The van der Waals surface area contributed by atoms with E-state index in [1.807, 2.05) is 18.5 Å². The molecule has 2 aliphatic rings. The van der Waals surface area contributed by atoms with Crippen molar-refractivity contribution in [2.45, 2.75) is 52.1 Å². The third kappa shape index (κ3) is 7.14. The zero-order valence-electron chi connectivity index (χ0n) is 17.5. The summed E-state index contributed by atoms with van der Waals surface area (Å²) < 4.78 is 7.42. The summed E-state index contributed by atoms with van der Waals surface area (Å²) in [4.78, 5) is 7.23. The van der Waals surface area contributed by atoms with Crippen molar-refractivity contribution in [3.63, 3.8) is 0 Å². The monoisotopic (exact) mass is 505 g/mol. The summed E-state index contributed by atoms with van der Waals surface area (Å²) in [7, 11) is 1.99. The molecule has 0 spiro atoms. The first-order chi connectivity index (χ1) is 13.1. The maximum Gasteiger partial charge on any atom is 0.191 e. The van der Waals surface area contributed by atoms with E-state index in [-0.39, 0.29) is 24.0 Å². The lowest BCUT2D eigenvalue weighted by molar-refractivity contribution is 0.0389. The maximum absolute atomic E-state index is 5.43. The Bertz CT molecular complexity index is 615. The lowest BCUT2D eigenvalue weighted by atomic mass is 9.87. The lowest BCUT2D eigenvalue weighted by Crippen LogP contribution is -2.48. The molecule has 0 aromatic carbocycles. The third-order valence-electron chi connectivity index (χ3n) is 5.66. The fourth-order valence-corrected chi connectivity index (χ4v) is 3.81. The van der Waals surface area contributed by atoms with E-state index in [4.69, 9.17) is 9.73 Å². The van der Waals surface area contributed by atoms with Crippen LogP contribution in [-0.4, -0.2) is 71.1 Å². The van der Waals surface area contributed by atoms with Crippen LogP contribution < -0.4 is 10.6 Å². The van der Waals surface area contributed by atoms with Crippen LogP contribution in [0.1, 0.15) is 44.3 Å². The van der Waals surface area contributed by atoms with Gasteiger partial charge in [-0.1, -0.05) is 19.8 Å². The van der Waals surface area contributed by atoms with Gasteiger partial charge in [-0.25, -0.2) is 4.99 Å². The van der Waals surface area contributed by atoms with Crippen molar-refractivity contribution in [2.75, 3.05) is 39.4 Å². The molecule has 1 saturated carbocycles. The summed E-state index contributed by atoms with van der Waals surface area (Å²) in [5.41, 5.74) is 0. The minimum atomic E-state index is 0. The Kier molecular flexibility index (Phi) is 9.93. The number of ether oxygens (including phenoxy) is 1. The highest BCUT2D eigenvalue weighted by Gasteiger charge is 2.20. The summed E-state index contributed by atoms with van der Waals surface area (Å²) in [6.07, 6.45) is 5.07. The van der Waals surface area contributed by atoms with Crippen molar-refractivity contribution in [1.82, 2.24) is 30.3 Å². The van der Waals surface area contributed by atoms with Gasteiger partial charge in [0.25, 0.3) is 0 Å². The molecule has 2 heterocycles. The largest absolute Gasteiger partial charge is 0.379 e. The van der Waals surface area contributed by atoms with Crippen LogP contribution in [0.25, 0.3) is 0 Å². The number of aliphatic imine (C=N–C) groups is 1. The number of nitrogens with one attached hydrogen (secondary N) is 2. The number of aromatic nitrogens is 3. The highest BCUT2D eigenvalue weighted by atomic mass is 127. The Hall–Kier alpha value is -0.940. The zero-order chi connectivity index (χ0) is 19.1. The number of hydrogen-bond donors (Lipinski definition) is 2. The predicted molar refractivity (Wildman–Crippen MR) is 122 cm³/mol. The average molecular weight is 505 g/mol. The number of morpholine rings is 1. The van der Waals surface area contributed by atoms with Gasteiger partial charge in [0.05, 0.1) is 13.2 Å². The van der Waals surface area contributed by atoms with Gasteiger partial charge in [-0.05, 0) is 25.7 Å².